The molecule has 2 aromatic carbocycles. The lowest BCUT2D eigenvalue weighted by atomic mass is 9.75. The van der Waals surface area contributed by atoms with Gasteiger partial charge >= 0.3 is 12.1 Å². The van der Waals surface area contributed by atoms with E-state index in [1.165, 1.54) is 12.0 Å². The Balaban J connectivity index is 1.63. The molecule has 2 N–H and O–H groups in total. The summed E-state index contributed by atoms with van der Waals surface area (Å²) >= 11 is 3.45. The van der Waals surface area contributed by atoms with Crippen LogP contribution in [-0.2, 0) is 37.7 Å². The Morgan fingerprint density at radius 2 is 1.93 bits per heavy atom. The molecular formula is C32H35BrN2O8. The Kier molecular flexibility index (Phi) is 8.39. The molecule has 10 nitrogen and oxygen atoms in total. The number of alkyl carbamates (subject to hydrolysis) is 1. The zero-order valence-electron chi connectivity index (χ0n) is 24.5. The van der Waals surface area contributed by atoms with Gasteiger partial charge in [-0.2, -0.15) is 0 Å². The first-order chi connectivity index (χ1) is 20.4. The van der Waals surface area contributed by atoms with E-state index >= 15 is 0 Å². The van der Waals surface area contributed by atoms with Gasteiger partial charge in [0.2, 0.25) is 5.91 Å². The van der Waals surface area contributed by atoms with Gasteiger partial charge in [-0.15, -0.1) is 0 Å². The van der Waals surface area contributed by atoms with Gasteiger partial charge < -0.3 is 29.6 Å². The van der Waals surface area contributed by atoms with Crippen LogP contribution in [0.15, 0.2) is 30.3 Å². The first-order valence-electron chi connectivity index (χ1n) is 14.4. The van der Waals surface area contributed by atoms with E-state index in [1.54, 1.807) is 39.0 Å². The average molecular weight is 656 g/mol. The molecule has 3 aliphatic rings. The minimum absolute atomic E-state index is 0.0277. The highest BCUT2D eigenvalue weighted by Gasteiger charge is 2.61. The van der Waals surface area contributed by atoms with Crippen LogP contribution in [0.2, 0.25) is 0 Å². The maximum Gasteiger partial charge on any atom is 0.407 e. The number of hydrogen-bond donors (Lipinski definition) is 2. The molecule has 11 heteroatoms. The molecule has 2 aliphatic heterocycles. The second-order valence-corrected chi connectivity index (χ2v) is 13.0. The molecule has 2 aromatic rings. The van der Waals surface area contributed by atoms with Crippen molar-refractivity contribution in [1.82, 2.24) is 10.2 Å². The van der Waals surface area contributed by atoms with E-state index in [2.05, 4.69) is 21.2 Å². The predicted octanol–water partition coefficient (Wildman–Crippen LogP) is 4.62. The van der Waals surface area contributed by atoms with Crippen molar-refractivity contribution in [1.29, 1.82) is 0 Å². The number of halogens is 1. The number of carbonyl (C=O) groups excluding carboxylic acids is 4. The van der Waals surface area contributed by atoms with Crippen LogP contribution in [0.1, 0.15) is 67.1 Å². The number of hydrogen-bond acceptors (Lipinski definition) is 7. The summed E-state index contributed by atoms with van der Waals surface area (Å²) in [5.41, 5.74) is 2.46. The average Bonchev–Trinajstić information content (AvgIpc) is 3.28. The summed E-state index contributed by atoms with van der Waals surface area (Å²) < 4.78 is 10.8. The number of aliphatic carboxylic acids is 1. The van der Waals surface area contributed by atoms with E-state index in [4.69, 9.17) is 9.47 Å². The fourth-order valence-electron chi connectivity index (χ4n) is 6.97. The number of fused-ring (bicyclic) bond motifs is 4. The number of carboxylic acids is 1. The van der Waals surface area contributed by atoms with E-state index in [1.807, 2.05) is 12.1 Å². The molecule has 5 atom stereocenters. The number of likely N-dealkylation sites (tertiary alicyclic amines) is 1. The maximum atomic E-state index is 14.2. The summed E-state index contributed by atoms with van der Waals surface area (Å²) in [7, 11) is 1.19. The number of nitrogens with zero attached hydrogens (tertiary/aromatic N) is 1. The van der Waals surface area contributed by atoms with Crippen LogP contribution in [0.5, 0.6) is 5.75 Å². The number of ketones is 1. The van der Waals surface area contributed by atoms with Gasteiger partial charge in [0.25, 0.3) is 0 Å². The van der Waals surface area contributed by atoms with E-state index < -0.39 is 41.5 Å². The molecule has 2 heterocycles. The van der Waals surface area contributed by atoms with Gasteiger partial charge in [0.1, 0.15) is 24.7 Å². The van der Waals surface area contributed by atoms with Crippen molar-refractivity contribution < 1.29 is 38.6 Å². The molecule has 5 rings (SSSR count). The largest absolute Gasteiger partial charge is 0.488 e. The van der Waals surface area contributed by atoms with Gasteiger partial charge in [-0.25, -0.2) is 9.59 Å². The standard InChI is InChI=1S/C32H35BrN2O8/c1-16(2)27(34-31(41)42-4)29(38)35-17(3)11-21(9-10-36)32(35,30(39)40)20-6-7-22-19(12-20)15-43-26-14-23-18(13-24(22)26)5-8-25(33)28(23)37/h6-7,10,12-14,16-17,21,25,27H,5,8-9,11,15H2,1-4H3,(H,34,41)(H,39,40)/t17-,21?,25?,27-,32+/m0/s1. The highest BCUT2D eigenvalue weighted by Crippen LogP contribution is 2.50. The molecule has 228 valence electrons. The number of carboxylic acid groups (broad SMARTS) is 1. The number of nitrogens with one attached hydrogen (secondary N) is 1. The van der Waals surface area contributed by atoms with Crippen LogP contribution in [0, 0.1) is 11.8 Å². The summed E-state index contributed by atoms with van der Waals surface area (Å²) in [4.78, 5) is 65.5. The zero-order chi connectivity index (χ0) is 31.2. The lowest BCUT2D eigenvalue weighted by molar-refractivity contribution is -0.163. The van der Waals surface area contributed by atoms with Gasteiger partial charge in [0.05, 0.1) is 11.9 Å². The van der Waals surface area contributed by atoms with Crippen LogP contribution in [0.3, 0.4) is 0 Å². The lowest BCUT2D eigenvalue weighted by Crippen LogP contribution is -2.61. The quantitative estimate of drug-likeness (QED) is 0.326. The van der Waals surface area contributed by atoms with Crippen molar-refractivity contribution in [2.45, 2.75) is 75.5 Å². The van der Waals surface area contributed by atoms with E-state index in [0.717, 1.165) is 28.7 Å². The topological polar surface area (TPSA) is 139 Å². The molecule has 1 fully saturated rings. The van der Waals surface area contributed by atoms with Crippen molar-refractivity contribution in [3.8, 4) is 16.9 Å². The van der Waals surface area contributed by atoms with Crippen LogP contribution >= 0.6 is 15.9 Å². The zero-order valence-corrected chi connectivity index (χ0v) is 26.1. The van der Waals surface area contributed by atoms with Crippen molar-refractivity contribution in [3.63, 3.8) is 0 Å². The number of ether oxygens (including phenoxy) is 2. The molecule has 2 unspecified atom stereocenters. The first kappa shape index (κ1) is 30.7. The number of methoxy groups -OCH3 is 1. The lowest BCUT2D eigenvalue weighted by Gasteiger charge is -2.42. The second-order valence-electron chi connectivity index (χ2n) is 11.9. The first-order valence-corrected chi connectivity index (χ1v) is 15.3. The predicted molar refractivity (Wildman–Crippen MR) is 160 cm³/mol. The number of carbonyl (C=O) groups is 5. The number of amides is 2. The molecule has 0 spiro atoms. The fourth-order valence-corrected chi connectivity index (χ4v) is 7.45. The molecule has 1 saturated heterocycles. The number of aryl methyl sites for hydroxylation is 1. The van der Waals surface area contributed by atoms with Crippen LogP contribution in [0.25, 0.3) is 11.1 Å². The summed E-state index contributed by atoms with van der Waals surface area (Å²) in [6.45, 7) is 5.40. The smallest absolute Gasteiger partial charge is 0.407 e. The number of aldehydes is 1. The summed E-state index contributed by atoms with van der Waals surface area (Å²) in [5.74, 6) is -2.30. The van der Waals surface area contributed by atoms with E-state index in [9.17, 15) is 29.1 Å². The van der Waals surface area contributed by atoms with Gasteiger partial charge in [0.15, 0.2) is 11.3 Å². The van der Waals surface area contributed by atoms with Crippen molar-refractivity contribution >= 4 is 46.0 Å². The molecule has 1 aliphatic carbocycles. The van der Waals surface area contributed by atoms with E-state index in [0.29, 0.717) is 29.6 Å². The third-order valence-corrected chi connectivity index (χ3v) is 9.89. The van der Waals surface area contributed by atoms with Gasteiger partial charge in [0, 0.05) is 29.5 Å². The Morgan fingerprint density at radius 3 is 2.58 bits per heavy atom. The van der Waals surface area contributed by atoms with Gasteiger partial charge in [-0.1, -0.05) is 41.9 Å². The monoisotopic (exact) mass is 654 g/mol. The SMILES string of the molecule is COC(=O)N[C@H](C(=O)N1[C@@H](C)CC(CC=O)[C@@]1(C(=O)O)c1ccc2c(c1)COc1cc3c(cc1-2)CCC(Br)C3=O)C(C)C. The molecular weight excluding hydrogens is 620 g/mol. The van der Waals surface area contributed by atoms with Crippen LogP contribution in [-0.4, -0.2) is 64.1 Å². The highest BCUT2D eigenvalue weighted by molar-refractivity contribution is 9.10. The summed E-state index contributed by atoms with van der Waals surface area (Å²) in [6.07, 6.45) is 1.53. The molecule has 0 saturated carbocycles. The van der Waals surface area contributed by atoms with Crippen molar-refractivity contribution in [3.05, 3.63) is 52.6 Å². The third-order valence-electron chi connectivity index (χ3n) is 9.01. The Bertz CT molecular complexity index is 1510. The van der Waals surface area contributed by atoms with Crippen molar-refractivity contribution in [2.24, 2.45) is 11.8 Å². The number of rotatable bonds is 7. The minimum Gasteiger partial charge on any atom is -0.488 e. The van der Waals surface area contributed by atoms with E-state index in [-0.39, 0.29) is 36.0 Å². The molecule has 43 heavy (non-hydrogen) atoms. The van der Waals surface area contributed by atoms with Crippen molar-refractivity contribution in [2.75, 3.05) is 7.11 Å². The van der Waals surface area contributed by atoms with Crippen LogP contribution in [0.4, 0.5) is 4.79 Å². The third kappa shape index (κ3) is 5.01. The fraction of sp³-hybridized carbons (Fsp3) is 0.469. The molecule has 0 bridgehead atoms. The van der Waals surface area contributed by atoms with Crippen LogP contribution < -0.4 is 10.1 Å². The number of alkyl halides is 1. The Hall–Kier alpha value is -3.73. The van der Waals surface area contributed by atoms with Gasteiger partial charge in [-0.05, 0) is 72.6 Å². The Morgan fingerprint density at radius 1 is 1.19 bits per heavy atom. The second kappa shape index (κ2) is 11.7. The normalized spacial score (nSPS) is 24.7. The Labute approximate surface area is 258 Å². The highest BCUT2D eigenvalue weighted by atomic mass is 79.9. The van der Waals surface area contributed by atoms with Gasteiger partial charge in [-0.3, -0.25) is 9.59 Å². The number of benzene rings is 2. The number of Topliss-reactive ketones (excluding diaryl/α,β-unsaturated/α-hetero) is 1. The maximum absolute atomic E-state index is 14.2. The summed E-state index contributed by atoms with van der Waals surface area (Å²) in [6, 6.07) is 7.46. The minimum atomic E-state index is -1.87. The molecule has 0 aromatic heterocycles. The molecule has 0 radical (unpaired) electrons. The summed E-state index contributed by atoms with van der Waals surface area (Å²) in [5, 5.41) is 13.5. The molecule has 2 amide bonds.